The largest absolute Gasteiger partial charge is 0.417 e. The second kappa shape index (κ2) is 5.88. The monoisotopic (exact) mass is 333 g/mol. The highest BCUT2D eigenvalue weighted by atomic mass is 19.4. The van der Waals surface area contributed by atoms with Crippen molar-refractivity contribution in [1.29, 1.82) is 0 Å². The predicted octanol–water partition coefficient (Wildman–Crippen LogP) is 2.42. The maximum Gasteiger partial charge on any atom is 0.417 e. The Morgan fingerprint density at radius 2 is 2.13 bits per heavy atom. The number of aromatic nitrogens is 1. The molecule has 6 nitrogen and oxygen atoms in total. The highest BCUT2D eigenvalue weighted by Crippen LogP contribution is 2.29. The highest BCUT2D eigenvalue weighted by Gasteiger charge is 2.35. The van der Waals surface area contributed by atoms with Crippen molar-refractivity contribution < 1.29 is 22.7 Å². The van der Waals surface area contributed by atoms with Crippen LogP contribution in [0.1, 0.15) is 26.3 Å². The van der Waals surface area contributed by atoms with E-state index in [9.17, 15) is 22.8 Å². The van der Waals surface area contributed by atoms with Gasteiger partial charge in [-0.1, -0.05) is 0 Å². The average molecular weight is 333 g/mol. The van der Waals surface area contributed by atoms with E-state index in [2.05, 4.69) is 5.32 Å². The van der Waals surface area contributed by atoms with Crippen LogP contribution in [0.3, 0.4) is 0 Å². The fraction of sp³-hybridized carbons (Fsp3) is 0.571. The van der Waals surface area contributed by atoms with Crippen LogP contribution in [0, 0.1) is 0 Å². The molecule has 0 unspecified atom stereocenters. The molecule has 1 aromatic rings. The fourth-order valence-electron chi connectivity index (χ4n) is 2.54. The van der Waals surface area contributed by atoms with Crippen LogP contribution in [0.2, 0.25) is 0 Å². The van der Waals surface area contributed by atoms with Crippen molar-refractivity contribution in [3.8, 4) is 0 Å². The molecule has 1 aliphatic heterocycles. The number of rotatable bonds is 1. The molecule has 128 valence electrons. The van der Waals surface area contributed by atoms with Gasteiger partial charge in [-0.25, -0.2) is 4.79 Å². The zero-order valence-corrected chi connectivity index (χ0v) is 13.0. The number of nitrogens with one attached hydrogen (secondary N) is 2. The van der Waals surface area contributed by atoms with Gasteiger partial charge in [0.25, 0.3) is 5.56 Å². The first-order valence-electron chi connectivity index (χ1n) is 7.01. The van der Waals surface area contributed by atoms with Gasteiger partial charge in [0.05, 0.1) is 23.8 Å². The number of ether oxygens (including phenoxy) is 1. The molecular formula is C14H18F3N3O3. The van der Waals surface area contributed by atoms with Crippen LogP contribution in [-0.4, -0.2) is 40.7 Å². The number of carbonyl (C=O) groups excluding carboxylic acids is 1. The minimum atomic E-state index is -4.61. The van der Waals surface area contributed by atoms with Crippen LogP contribution in [0.5, 0.6) is 0 Å². The lowest BCUT2D eigenvalue weighted by molar-refractivity contribution is -0.137. The van der Waals surface area contributed by atoms with Gasteiger partial charge in [-0.3, -0.25) is 4.79 Å². The molecule has 1 atom stereocenters. The minimum absolute atomic E-state index is 0.218. The molecule has 1 aliphatic rings. The maximum atomic E-state index is 12.7. The van der Waals surface area contributed by atoms with Crippen molar-refractivity contribution in [2.75, 3.05) is 18.4 Å². The van der Waals surface area contributed by atoms with E-state index in [1.165, 1.54) is 4.90 Å². The molecule has 0 aromatic carbocycles. The lowest BCUT2D eigenvalue weighted by atomic mass is 10.1. The molecule has 0 spiro atoms. The van der Waals surface area contributed by atoms with Gasteiger partial charge < -0.3 is 19.9 Å². The van der Waals surface area contributed by atoms with Crippen LogP contribution in [-0.2, 0) is 10.9 Å². The molecule has 9 heteroatoms. The summed E-state index contributed by atoms with van der Waals surface area (Å²) in [5.74, 6) is 0. The normalized spacial score (nSPS) is 21.1. The zero-order valence-electron chi connectivity index (χ0n) is 13.0. The van der Waals surface area contributed by atoms with E-state index < -0.39 is 34.6 Å². The van der Waals surface area contributed by atoms with Crippen molar-refractivity contribution in [2.24, 2.45) is 0 Å². The van der Waals surface area contributed by atoms with E-state index in [0.717, 1.165) is 0 Å². The Kier molecular flexibility index (Phi) is 4.43. The van der Waals surface area contributed by atoms with Gasteiger partial charge in [0.15, 0.2) is 0 Å². The van der Waals surface area contributed by atoms with Gasteiger partial charge >= 0.3 is 12.2 Å². The smallest absolute Gasteiger partial charge is 0.369 e. The van der Waals surface area contributed by atoms with E-state index in [4.69, 9.17) is 4.74 Å². The van der Waals surface area contributed by atoms with Crippen LogP contribution < -0.4 is 10.9 Å². The molecule has 2 N–H and O–H groups in total. The third kappa shape index (κ3) is 4.25. The molecular weight excluding hydrogens is 315 g/mol. The number of alkyl halides is 3. The topological polar surface area (TPSA) is 74.4 Å². The summed E-state index contributed by atoms with van der Waals surface area (Å²) in [4.78, 5) is 27.3. The zero-order chi connectivity index (χ0) is 17.4. The molecule has 1 fully saturated rings. The van der Waals surface area contributed by atoms with E-state index >= 15 is 0 Å². The second-order valence-corrected chi connectivity index (χ2v) is 6.13. The Morgan fingerprint density at radius 3 is 2.70 bits per heavy atom. The first-order chi connectivity index (χ1) is 10.5. The average Bonchev–Trinajstić information content (AvgIpc) is 2.37. The Bertz CT molecular complexity index is 655. The van der Waals surface area contributed by atoms with Gasteiger partial charge in [0, 0.05) is 12.7 Å². The number of H-pyrrole nitrogens is 1. The third-order valence-electron chi connectivity index (χ3n) is 3.33. The third-order valence-corrected chi connectivity index (χ3v) is 3.33. The Labute approximate surface area is 130 Å². The number of nitrogens with zero attached hydrogens (tertiary/aromatic N) is 1. The van der Waals surface area contributed by atoms with E-state index in [1.54, 1.807) is 20.8 Å². The standard InChI is InChI=1S/C14H18F3N3O3/c1-8-6-20(7-13(2,3)23-8)12(22)19-10-4-9(14(15,16)17)5-18-11(10)21/h4-5,8H,6-7H2,1-3H3,(H,18,21)(H,19,22)/t8-/m0/s1. The Balaban J connectivity index is 2.19. The van der Waals surface area contributed by atoms with Gasteiger partial charge in [0.2, 0.25) is 0 Å². The first-order valence-corrected chi connectivity index (χ1v) is 7.01. The van der Waals surface area contributed by atoms with Crippen LogP contribution in [0.15, 0.2) is 17.1 Å². The molecule has 2 amide bonds. The summed E-state index contributed by atoms with van der Waals surface area (Å²) in [6.45, 7) is 5.95. The van der Waals surface area contributed by atoms with Crippen molar-refractivity contribution in [3.05, 3.63) is 28.2 Å². The number of aromatic amines is 1. The number of urea groups is 1. The van der Waals surface area contributed by atoms with Crippen molar-refractivity contribution in [2.45, 2.75) is 38.7 Å². The van der Waals surface area contributed by atoms with E-state index in [0.29, 0.717) is 12.3 Å². The summed E-state index contributed by atoms with van der Waals surface area (Å²) in [5.41, 5.74) is -2.85. The fourth-order valence-corrected chi connectivity index (χ4v) is 2.54. The molecule has 23 heavy (non-hydrogen) atoms. The number of morpholine rings is 1. The number of anilines is 1. The summed E-state index contributed by atoms with van der Waals surface area (Å²) in [6.07, 6.45) is -4.26. The van der Waals surface area contributed by atoms with Crippen LogP contribution >= 0.6 is 0 Å². The van der Waals surface area contributed by atoms with Gasteiger partial charge in [0.1, 0.15) is 5.69 Å². The molecule has 1 saturated heterocycles. The van der Waals surface area contributed by atoms with Crippen molar-refractivity contribution in [1.82, 2.24) is 9.88 Å². The second-order valence-electron chi connectivity index (χ2n) is 6.13. The number of halogens is 3. The molecule has 1 aromatic heterocycles. The van der Waals surface area contributed by atoms with E-state index in [1.807, 2.05) is 4.98 Å². The molecule has 0 radical (unpaired) electrons. The minimum Gasteiger partial charge on any atom is -0.369 e. The lowest BCUT2D eigenvalue weighted by Gasteiger charge is -2.41. The van der Waals surface area contributed by atoms with Crippen LogP contribution in [0.25, 0.3) is 0 Å². The van der Waals surface area contributed by atoms with Crippen LogP contribution in [0.4, 0.5) is 23.7 Å². The number of pyridine rings is 1. The molecule has 2 heterocycles. The SMILES string of the molecule is C[C@H]1CN(C(=O)Nc2cc(C(F)(F)F)c[nH]c2=O)CC(C)(C)O1. The number of carbonyl (C=O) groups is 1. The molecule has 0 saturated carbocycles. The van der Waals surface area contributed by atoms with E-state index in [-0.39, 0.29) is 19.2 Å². The number of hydrogen-bond donors (Lipinski definition) is 2. The number of hydrogen-bond acceptors (Lipinski definition) is 3. The highest BCUT2D eigenvalue weighted by molar-refractivity contribution is 5.89. The molecule has 0 bridgehead atoms. The quantitative estimate of drug-likeness (QED) is 0.829. The van der Waals surface area contributed by atoms with Gasteiger partial charge in [-0.2, -0.15) is 13.2 Å². The van der Waals surface area contributed by atoms with Crippen molar-refractivity contribution >= 4 is 11.7 Å². The predicted molar refractivity (Wildman–Crippen MR) is 77.3 cm³/mol. The van der Waals surface area contributed by atoms with Crippen molar-refractivity contribution in [3.63, 3.8) is 0 Å². The van der Waals surface area contributed by atoms with Gasteiger partial charge in [-0.05, 0) is 26.8 Å². The Morgan fingerprint density at radius 1 is 1.48 bits per heavy atom. The summed E-state index contributed by atoms with van der Waals surface area (Å²) >= 11 is 0. The Hall–Kier alpha value is -2.03. The molecule has 2 rings (SSSR count). The summed E-state index contributed by atoms with van der Waals surface area (Å²) in [7, 11) is 0. The summed E-state index contributed by atoms with van der Waals surface area (Å²) < 4.78 is 43.7. The first kappa shape index (κ1) is 17.3. The molecule has 0 aliphatic carbocycles. The maximum absolute atomic E-state index is 12.7. The summed E-state index contributed by atoms with van der Waals surface area (Å²) in [5, 5.41) is 2.24. The summed E-state index contributed by atoms with van der Waals surface area (Å²) in [6, 6.07) is -0.0239. The van der Waals surface area contributed by atoms with Gasteiger partial charge in [-0.15, -0.1) is 0 Å². The lowest BCUT2D eigenvalue weighted by Crippen LogP contribution is -2.55. The number of amides is 2.